The Balaban J connectivity index is 1.48. The number of anilines is 2. The SMILES string of the molecule is Cc1ccc(-c2cc3cnc(Nc4ccccc4)nc3n(CCN3CCOCC3)c2=O)c(-c2cocn2)c1. The Bertz CT molecular complexity index is 1610. The van der Waals surface area contributed by atoms with Gasteiger partial charge in [-0.25, -0.2) is 9.97 Å². The van der Waals surface area contributed by atoms with E-state index >= 15 is 0 Å². The Kier molecular flexibility index (Phi) is 6.68. The molecule has 192 valence electrons. The minimum absolute atomic E-state index is 0.108. The van der Waals surface area contributed by atoms with Gasteiger partial charge in [-0.2, -0.15) is 4.98 Å². The molecule has 9 heteroatoms. The van der Waals surface area contributed by atoms with E-state index in [2.05, 4.69) is 20.2 Å². The van der Waals surface area contributed by atoms with Crippen LogP contribution in [-0.4, -0.2) is 57.3 Å². The van der Waals surface area contributed by atoms with Crippen molar-refractivity contribution >= 4 is 22.7 Å². The zero-order valence-electron chi connectivity index (χ0n) is 21.1. The Morgan fingerprint density at radius 2 is 1.79 bits per heavy atom. The minimum Gasteiger partial charge on any atom is -0.451 e. The van der Waals surface area contributed by atoms with Gasteiger partial charge >= 0.3 is 0 Å². The summed E-state index contributed by atoms with van der Waals surface area (Å²) < 4.78 is 12.5. The molecule has 0 unspecified atom stereocenters. The molecule has 1 saturated heterocycles. The average Bonchev–Trinajstić information content (AvgIpc) is 3.49. The van der Waals surface area contributed by atoms with Gasteiger partial charge in [0.15, 0.2) is 6.39 Å². The molecule has 0 atom stereocenters. The summed E-state index contributed by atoms with van der Waals surface area (Å²) in [5, 5.41) is 4.03. The molecule has 0 radical (unpaired) electrons. The minimum atomic E-state index is -0.108. The van der Waals surface area contributed by atoms with Gasteiger partial charge in [0, 0.05) is 54.6 Å². The first-order chi connectivity index (χ1) is 18.7. The Hall–Kier alpha value is -4.34. The first-order valence-electron chi connectivity index (χ1n) is 12.7. The number of aryl methyl sites for hydroxylation is 1. The van der Waals surface area contributed by atoms with E-state index in [1.807, 2.05) is 61.5 Å². The monoisotopic (exact) mass is 508 g/mol. The van der Waals surface area contributed by atoms with Crippen molar-refractivity contribution in [2.75, 3.05) is 38.2 Å². The molecule has 0 bridgehead atoms. The molecule has 1 aliphatic heterocycles. The largest absolute Gasteiger partial charge is 0.451 e. The maximum Gasteiger partial charge on any atom is 0.260 e. The Morgan fingerprint density at radius 3 is 2.58 bits per heavy atom. The molecular weight excluding hydrogens is 480 g/mol. The van der Waals surface area contributed by atoms with Crippen molar-refractivity contribution in [3.63, 3.8) is 0 Å². The van der Waals surface area contributed by atoms with Gasteiger partial charge in [-0.05, 0) is 36.8 Å². The van der Waals surface area contributed by atoms with Crippen LogP contribution in [0, 0.1) is 6.92 Å². The number of pyridine rings is 1. The highest BCUT2D eigenvalue weighted by Gasteiger charge is 2.19. The number of oxazole rings is 1. The molecule has 2 aromatic carbocycles. The third-order valence-electron chi connectivity index (χ3n) is 6.77. The smallest absolute Gasteiger partial charge is 0.260 e. The molecule has 1 aliphatic rings. The van der Waals surface area contributed by atoms with Gasteiger partial charge in [0.05, 0.1) is 13.2 Å². The van der Waals surface area contributed by atoms with E-state index in [9.17, 15) is 4.79 Å². The number of benzene rings is 2. The van der Waals surface area contributed by atoms with E-state index in [1.165, 1.54) is 6.39 Å². The van der Waals surface area contributed by atoms with Gasteiger partial charge < -0.3 is 14.5 Å². The molecule has 0 aliphatic carbocycles. The highest BCUT2D eigenvalue weighted by molar-refractivity contribution is 5.87. The fourth-order valence-electron chi connectivity index (χ4n) is 4.79. The summed E-state index contributed by atoms with van der Waals surface area (Å²) in [4.78, 5) is 30.1. The van der Waals surface area contributed by atoms with Crippen LogP contribution in [0.1, 0.15) is 5.56 Å². The number of nitrogens with one attached hydrogen (secondary N) is 1. The average molecular weight is 509 g/mol. The lowest BCUT2D eigenvalue weighted by Gasteiger charge is -2.27. The van der Waals surface area contributed by atoms with Crippen molar-refractivity contribution < 1.29 is 9.15 Å². The van der Waals surface area contributed by atoms with Gasteiger partial charge in [0.1, 0.15) is 17.6 Å². The quantitative estimate of drug-likeness (QED) is 0.343. The Labute approximate surface area is 219 Å². The van der Waals surface area contributed by atoms with Crippen LogP contribution < -0.4 is 10.9 Å². The van der Waals surface area contributed by atoms with Gasteiger partial charge in [-0.15, -0.1) is 0 Å². The fourth-order valence-corrected chi connectivity index (χ4v) is 4.79. The zero-order valence-corrected chi connectivity index (χ0v) is 21.1. The van der Waals surface area contributed by atoms with E-state index in [1.54, 1.807) is 17.0 Å². The van der Waals surface area contributed by atoms with Crippen LogP contribution in [0.2, 0.25) is 0 Å². The topological polar surface area (TPSA) is 98.3 Å². The van der Waals surface area contributed by atoms with E-state index < -0.39 is 0 Å². The zero-order chi connectivity index (χ0) is 25.9. The van der Waals surface area contributed by atoms with E-state index in [0.717, 1.165) is 47.4 Å². The number of fused-ring (bicyclic) bond motifs is 1. The number of hydrogen-bond acceptors (Lipinski definition) is 8. The Morgan fingerprint density at radius 1 is 0.947 bits per heavy atom. The summed E-state index contributed by atoms with van der Waals surface area (Å²) in [5.74, 6) is 0.439. The maximum atomic E-state index is 14.1. The van der Waals surface area contributed by atoms with Crippen LogP contribution in [0.4, 0.5) is 11.6 Å². The molecule has 38 heavy (non-hydrogen) atoms. The maximum absolute atomic E-state index is 14.1. The number of nitrogens with zero attached hydrogens (tertiary/aromatic N) is 5. The number of para-hydroxylation sites is 1. The molecule has 0 amide bonds. The number of rotatable bonds is 7. The van der Waals surface area contributed by atoms with Crippen LogP contribution in [0.3, 0.4) is 0 Å². The lowest BCUT2D eigenvalue weighted by Crippen LogP contribution is -2.39. The second-order valence-electron chi connectivity index (χ2n) is 9.36. The fraction of sp³-hybridized carbons (Fsp3) is 0.241. The third-order valence-corrected chi connectivity index (χ3v) is 6.77. The summed E-state index contributed by atoms with van der Waals surface area (Å²) in [6.07, 6.45) is 4.77. The van der Waals surface area contributed by atoms with E-state index in [4.69, 9.17) is 14.1 Å². The van der Waals surface area contributed by atoms with E-state index in [0.29, 0.717) is 42.6 Å². The summed E-state index contributed by atoms with van der Waals surface area (Å²) in [7, 11) is 0. The van der Waals surface area contributed by atoms with Gasteiger partial charge in [0.2, 0.25) is 5.95 Å². The second-order valence-corrected chi connectivity index (χ2v) is 9.36. The molecular formula is C29H28N6O3. The van der Waals surface area contributed by atoms with Crippen LogP contribution in [0.25, 0.3) is 33.4 Å². The van der Waals surface area contributed by atoms with Crippen molar-refractivity contribution in [1.29, 1.82) is 0 Å². The summed E-state index contributed by atoms with van der Waals surface area (Å²) >= 11 is 0. The van der Waals surface area contributed by atoms with Crippen molar-refractivity contribution in [1.82, 2.24) is 24.4 Å². The van der Waals surface area contributed by atoms with Crippen LogP contribution in [-0.2, 0) is 11.3 Å². The van der Waals surface area contributed by atoms with Gasteiger partial charge in [0.25, 0.3) is 5.56 Å². The van der Waals surface area contributed by atoms with Crippen LogP contribution in [0.15, 0.2) is 82.7 Å². The summed E-state index contributed by atoms with van der Waals surface area (Å²) in [6.45, 7) is 6.32. The van der Waals surface area contributed by atoms with Crippen molar-refractivity contribution in [2.45, 2.75) is 13.5 Å². The second kappa shape index (κ2) is 10.6. The van der Waals surface area contributed by atoms with Crippen LogP contribution >= 0.6 is 0 Å². The lowest BCUT2D eigenvalue weighted by atomic mass is 9.96. The predicted octanol–water partition coefficient (Wildman–Crippen LogP) is 4.50. The molecule has 1 fully saturated rings. The number of aromatic nitrogens is 4. The molecule has 0 saturated carbocycles. The van der Waals surface area contributed by atoms with Crippen LogP contribution in [0.5, 0.6) is 0 Å². The lowest BCUT2D eigenvalue weighted by molar-refractivity contribution is 0.0364. The van der Waals surface area contributed by atoms with Gasteiger partial charge in [-0.1, -0.05) is 35.9 Å². The molecule has 4 heterocycles. The highest BCUT2D eigenvalue weighted by atomic mass is 16.5. The number of morpholine rings is 1. The molecule has 3 aromatic heterocycles. The summed E-state index contributed by atoms with van der Waals surface area (Å²) in [5.41, 5.74) is 5.33. The van der Waals surface area contributed by atoms with E-state index in [-0.39, 0.29) is 5.56 Å². The van der Waals surface area contributed by atoms with Crippen molar-refractivity contribution in [3.8, 4) is 22.4 Å². The molecule has 9 nitrogen and oxygen atoms in total. The molecule has 1 N–H and O–H groups in total. The van der Waals surface area contributed by atoms with Gasteiger partial charge in [-0.3, -0.25) is 14.3 Å². The molecule has 6 rings (SSSR count). The third kappa shape index (κ3) is 4.93. The first kappa shape index (κ1) is 24.0. The standard InChI is InChI=1S/C29H28N6O3/c1-20-7-8-23(24(15-20)26-18-38-19-31-26)25-16-21-17-30-29(32-22-5-3-2-4-6-22)33-27(21)35(28(25)36)10-9-34-11-13-37-14-12-34/h2-8,15-19H,9-14H2,1H3,(H,30,32,33). The summed E-state index contributed by atoms with van der Waals surface area (Å²) in [6, 6.07) is 17.6. The van der Waals surface area contributed by atoms with Crippen molar-refractivity contribution in [2.24, 2.45) is 0 Å². The first-order valence-corrected chi connectivity index (χ1v) is 12.7. The normalized spacial score (nSPS) is 14.1. The molecule has 0 spiro atoms. The number of hydrogen-bond donors (Lipinski definition) is 1. The highest BCUT2D eigenvalue weighted by Crippen LogP contribution is 2.32. The van der Waals surface area contributed by atoms with Crippen molar-refractivity contribution in [3.05, 3.63) is 89.4 Å². The predicted molar refractivity (Wildman–Crippen MR) is 146 cm³/mol. The number of ether oxygens (including phenoxy) is 1. The molecule has 5 aromatic rings.